The number of hydrogen-bond donors (Lipinski definition) is 1. The van der Waals surface area contributed by atoms with E-state index in [-0.39, 0.29) is 0 Å². The summed E-state index contributed by atoms with van der Waals surface area (Å²) in [4.78, 5) is 4.47. The smallest absolute Gasteiger partial charge is 0.0963 e. The van der Waals surface area contributed by atoms with Crippen molar-refractivity contribution >= 4 is 5.84 Å². The van der Waals surface area contributed by atoms with Crippen molar-refractivity contribution in [3.05, 3.63) is 0 Å². The van der Waals surface area contributed by atoms with Crippen LogP contribution in [0.5, 0.6) is 0 Å². The van der Waals surface area contributed by atoms with Gasteiger partial charge in [-0.05, 0) is 31.1 Å². The molecule has 0 amide bonds. The van der Waals surface area contributed by atoms with E-state index in [1.54, 1.807) is 0 Å². The monoisotopic (exact) mass is 194 g/mol. The fourth-order valence-electron chi connectivity index (χ4n) is 2.75. The average Bonchev–Trinajstić information content (AvgIpc) is 2.87. The molecule has 2 rings (SSSR count). The summed E-state index contributed by atoms with van der Waals surface area (Å²) < 4.78 is 0. The van der Waals surface area contributed by atoms with Crippen molar-refractivity contribution in [1.82, 2.24) is 5.32 Å². The molecule has 0 aromatic carbocycles. The normalized spacial score (nSPS) is 25.1. The van der Waals surface area contributed by atoms with Crippen LogP contribution in [0.15, 0.2) is 4.99 Å². The van der Waals surface area contributed by atoms with Gasteiger partial charge >= 0.3 is 0 Å². The van der Waals surface area contributed by atoms with Crippen LogP contribution >= 0.6 is 0 Å². The predicted octanol–water partition coefficient (Wildman–Crippen LogP) is 2.74. The van der Waals surface area contributed by atoms with E-state index in [2.05, 4.69) is 17.2 Å². The molecular weight excluding hydrogens is 172 g/mol. The van der Waals surface area contributed by atoms with Crippen LogP contribution in [0.25, 0.3) is 0 Å². The summed E-state index contributed by atoms with van der Waals surface area (Å²) >= 11 is 0. The van der Waals surface area contributed by atoms with Crippen LogP contribution in [0.3, 0.4) is 0 Å². The summed E-state index contributed by atoms with van der Waals surface area (Å²) in [5, 5.41) is 3.57. The van der Waals surface area contributed by atoms with Crippen molar-refractivity contribution in [3.63, 3.8) is 0 Å². The van der Waals surface area contributed by atoms with Gasteiger partial charge in [0.15, 0.2) is 0 Å². The Morgan fingerprint density at radius 2 is 2.07 bits per heavy atom. The first-order valence-corrected chi connectivity index (χ1v) is 6.12. The first-order valence-electron chi connectivity index (χ1n) is 6.12. The molecule has 2 heteroatoms. The van der Waals surface area contributed by atoms with E-state index in [1.807, 2.05) is 0 Å². The molecule has 1 heterocycles. The maximum Gasteiger partial charge on any atom is 0.0963 e. The summed E-state index contributed by atoms with van der Waals surface area (Å²) in [6.07, 6.45) is 9.46. The highest BCUT2D eigenvalue weighted by molar-refractivity contribution is 5.83. The highest BCUT2D eigenvalue weighted by atomic mass is 15.0. The molecule has 0 aromatic heterocycles. The van der Waals surface area contributed by atoms with E-state index < -0.39 is 0 Å². The van der Waals surface area contributed by atoms with Gasteiger partial charge in [-0.3, -0.25) is 4.99 Å². The van der Waals surface area contributed by atoms with E-state index in [4.69, 9.17) is 0 Å². The van der Waals surface area contributed by atoms with Crippen molar-refractivity contribution in [3.8, 4) is 0 Å². The molecule has 2 aliphatic rings. The minimum absolute atomic E-state index is 0.602. The Morgan fingerprint density at radius 1 is 1.29 bits per heavy atom. The summed E-state index contributed by atoms with van der Waals surface area (Å²) in [5.41, 5.74) is 0.602. The van der Waals surface area contributed by atoms with Gasteiger partial charge in [0.25, 0.3) is 0 Å². The molecule has 0 atom stereocenters. The van der Waals surface area contributed by atoms with Crippen molar-refractivity contribution in [2.24, 2.45) is 10.4 Å². The highest BCUT2D eigenvalue weighted by Crippen LogP contribution is 2.40. The van der Waals surface area contributed by atoms with Gasteiger partial charge in [0.1, 0.15) is 0 Å². The highest BCUT2D eigenvalue weighted by Gasteiger charge is 2.31. The van der Waals surface area contributed by atoms with E-state index >= 15 is 0 Å². The molecule has 1 aliphatic carbocycles. The maximum absolute atomic E-state index is 4.47. The third kappa shape index (κ3) is 2.10. The molecule has 0 unspecified atom stereocenters. The second kappa shape index (κ2) is 4.33. The van der Waals surface area contributed by atoms with Crippen LogP contribution in [0.2, 0.25) is 0 Å². The number of nitrogens with one attached hydrogen (secondary N) is 1. The van der Waals surface area contributed by atoms with Gasteiger partial charge in [0.05, 0.1) is 5.84 Å². The predicted molar refractivity (Wildman–Crippen MR) is 60.7 cm³/mol. The first-order chi connectivity index (χ1) is 6.85. The van der Waals surface area contributed by atoms with Gasteiger partial charge in [-0.1, -0.05) is 19.8 Å². The van der Waals surface area contributed by atoms with Crippen molar-refractivity contribution in [1.29, 1.82) is 0 Å². The lowest BCUT2D eigenvalue weighted by molar-refractivity contribution is 0.284. The molecule has 0 bridgehead atoms. The SMILES string of the molecule is CCC1(CNC2=NCCC2)CCCC1. The van der Waals surface area contributed by atoms with Crippen LogP contribution in [0.1, 0.15) is 51.9 Å². The number of nitrogens with zero attached hydrogens (tertiary/aromatic N) is 1. The van der Waals surface area contributed by atoms with Crippen LogP contribution in [-0.4, -0.2) is 18.9 Å². The van der Waals surface area contributed by atoms with Crippen molar-refractivity contribution in [2.75, 3.05) is 13.1 Å². The second-order valence-electron chi connectivity index (χ2n) is 4.85. The van der Waals surface area contributed by atoms with Crippen LogP contribution < -0.4 is 5.32 Å². The Kier molecular flexibility index (Phi) is 3.09. The molecule has 80 valence electrons. The van der Waals surface area contributed by atoms with E-state index in [1.165, 1.54) is 57.3 Å². The maximum atomic E-state index is 4.47. The Labute approximate surface area is 87.2 Å². The molecule has 1 fully saturated rings. The van der Waals surface area contributed by atoms with Gasteiger partial charge in [0, 0.05) is 19.5 Å². The fraction of sp³-hybridized carbons (Fsp3) is 0.917. The van der Waals surface area contributed by atoms with E-state index in [0.717, 1.165) is 6.54 Å². The fourth-order valence-corrected chi connectivity index (χ4v) is 2.75. The first kappa shape index (κ1) is 10.0. The molecule has 0 spiro atoms. The van der Waals surface area contributed by atoms with Crippen LogP contribution in [0, 0.1) is 5.41 Å². The Hall–Kier alpha value is -0.530. The molecule has 0 saturated heterocycles. The van der Waals surface area contributed by atoms with Crippen molar-refractivity contribution < 1.29 is 0 Å². The van der Waals surface area contributed by atoms with E-state index in [9.17, 15) is 0 Å². The number of hydrogen-bond acceptors (Lipinski definition) is 2. The van der Waals surface area contributed by atoms with Crippen molar-refractivity contribution in [2.45, 2.75) is 51.9 Å². The van der Waals surface area contributed by atoms with Gasteiger partial charge in [0.2, 0.25) is 0 Å². The van der Waals surface area contributed by atoms with Gasteiger partial charge in [-0.2, -0.15) is 0 Å². The molecule has 14 heavy (non-hydrogen) atoms. The van der Waals surface area contributed by atoms with E-state index in [0.29, 0.717) is 5.41 Å². The molecular formula is C12H22N2. The lowest BCUT2D eigenvalue weighted by atomic mass is 9.83. The zero-order chi connectivity index (χ0) is 9.86. The minimum atomic E-state index is 0.602. The molecule has 0 radical (unpaired) electrons. The number of rotatable bonds is 3. The van der Waals surface area contributed by atoms with Gasteiger partial charge in [-0.25, -0.2) is 0 Å². The lowest BCUT2D eigenvalue weighted by Gasteiger charge is -2.28. The Balaban J connectivity index is 1.82. The zero-order valence-corrected chi connectivity index (χ0v) is 9.31. The van der Waals surface area contributed by atoms with Crippen LogP contribution in [0.4, 0.5) is 0 Å². The summed E-state index contributed by atoms with van der Waals surface area (Å²) in [5.74, 6) is 1.27. The second-order valence-corrected chi connectivity index (χ2v) is 4.85. The molecule has 1 aliphatic heterocycles. The third-order valence-corrected chi connectivity index (χ3v) is 3.96. The Morgan fingerprint density at radius 3 is 2.64 bits per heavy atom. The molecule has 0 aromatic rings. The Bertz CT molecular complexity index is 214. The quantitative estimate of drug-likeness (QED) is 0.734. The van der Waals surface area contributed by atoms with Gasteiger partial charge < -0.3 is 5.32 Å². The topological polar surface area (TPSA) is 24.4 Å². The van der Waals surface area contributed by atoms with Crippen LogP contribution in [-0.2, 0) is 0 Å². The number of amidine groups is 1. The molecule has 2 nitrogen and oxygen atoms in total. The summed E-state index contributed by atoms with van der Waals surface area (Å²) in [6, 6.07) is 0. The summed E-state index contributed by atoms with van der Waals surface area (Å²) in [7, 11) is 0. The third-order valence-electron chi connectivity index (χ3n) is 3.96. The average molecular weight is 194 g/mol. The number of aliphatic imine (C=N–C) groups is 1. The minimum Gasteiger partial charge on any atom is -0.373 e. The largest absolute Gasteiger partial charge is 0.373 e. The standard InChI is InChI=1S/C12H22N2/c1-2-12(7-3-4-8-12)10-14-11-6-5-9-13-11/h2-10H2,1H3,(H,13,14). The molecule has 1 saturated carbocycles. The van der Waals surface area contributed by atoms with Gasteiger partial charge in [-0.15, -0.1) is 0 Å². The summed E-state index contributed by atoms with van der Waals surface area (Å²) in [6.45, 7) is 4.55. The zero-order valence-electron chi connectivity index (χ0n) is 9.31. The molecule has 1 N–H and O–H groups in total. The lowest BCUT2D eigenvalue weighted by Crippen LogP contribution is -2.34.